The van der Waals surface area contributed by atoms with Crippen molar-refractivity contribution in [3.8, 4) is 0 Å². The summed E-state index contributed by atoms with van der Waals surface area (Å²) in [6.07, 6.45) is 4.60. The van der Waals surface area contributed by atoms with E-state index in [-0.39, 0.29) is 5.82 Å². The Hall–Kier alpha value is -1.15. The van der Waals surface area contributed by atoms with Crippen LogP contribution in [0.1, 0.15) is 37.3 Å². The third kappa shape index (κ3) is 1.91. The highest BCUT2D eigenvalue weighted by Gasteiger charge is 2.24. The SMILES string of the molecule is CC1=C(C2CCCN2)CCc2cc(F)ccc21. The molecule has 2 aliphatic rings. The van der Waals surface area contributed by atoms with Gasteiger partial charge in [-0.2, -0.15) is 0 Å². The van der Waals surface area contributed by atoms with Gasteiger partial charge in [0.05, 0.1) is 0 Å². The van der Waals surface area contributed by atoms with Gasteiger partial charge in [0, 0.05) is 6.04 Å². The Morgan fingerprint density at radius 3 is 2.94 bits per heavy atom. The molecule has 0 saturated carbocycles. The second-order valence-electron chi connectivity index (χ2n) is 5.10. The second kappa shape index (κ2) is 4.26. The molecule has 3 rings (SSSR count). The molecule has 0 bridgehead atoms. The molecule has 1 heterocycles. The van der Waals surface area contributed by atoms with Gasteiger partial charge in [-0.1, -0.05) is 6.07 Å². The Labute approximate surface area is 102 Å². The molecule has 2 heteroatoms. The van der Waals surface area contributed by atoms with E-state index in [9.17, 15) is 4.39 Å². The minimum absolute atomic E-state index is 0.112. The minimum Gasteiger partial charge on any atom is -0.310 e. The van der Waals surface area contributed by atoms with Gasteiger partial charge < -0.3 is 5.32 Å². The van der Waals surface area contributed by atoms with Crippen LogP contribution in [0.2, 0.25) is 0 Å². The lowest BCUT2D eigenvalue weighted by Crippen LogP contribution is -2.26. The summed E-state index contributed by atoms with van der Waals surface area (Å²) in [6.45, 7) is 3.32. The van der Waals surface area contributed by atoms with Crippen LogP contribution in [0.15, 0.2) is 23.8 Å². The molecule has 1 unspecified atom stereocenters. The zero-order chi connectivity index (χ0) is 11.8. The normalized spacial score (nSPS) is 24.0. The number of fused-ring (bicyclic) bond motifs is 1. The van der Waals surface area contributed by atoms with Crippen LogP contribution in [0, 0.1) is 5.82 Å². The van der Waals surface area contributed by atoms with Crippen molar-refractivity contribution in [3.05, 3.63) is 40.7 Å². The zero-order valence-electron chi connectivity index (χ0n) is 10.2. The highest BCUT2D eigenvalue weighted by molar-refractivity contribution is 5.72. The molecule has 1 aliphatic heterocycles. The summed E-state index contributed by atoms with van der Waals surface area (Å²) in [4.78, 5) is 0. The summed E-state index contributed by atoms with van der Waals surface area (Å²) >= 11 is 0. The van der Waals surface area contributed by atoms with Crippen molar-refractivity contribution < 1.29 is 4.39 Å². The van der Waals surface area contributed by atoms with Gasteiger partial charge in [0.15, 0.2) is 0 Å². The molecule has 1 aromatic carbocycles. The third-order valence-corrected chi connectivity index (χ3v) is 4.10. The Kier molecular flexibility index (Phi) is 2.75. The standard InChI is InChI=1S/C15H18FN/c1-10-13-7-5-12(16)9-11(13)4-6-14(10)15-3-2-8-17-15/h5,7,9,15,17H,2-4,6,8H2,1H3. The van der Waals surface area contributed by atoms with E-state index in [2.05, 4.69) is 12.2 Å². The minimum atomic E-state index is -0.112. The molecule has 1 nitrogen and oxygen atoms in total. The number of hydrogen-bond donors (Lipinski definition) is 1. The summed E-state index contributed by atoms with van der Waals surface area (Å²) < 4.78 is 13.2. The van der Waals surface area contributed by atoms with Crippen LogP contribution in [-0.4, -0.2) is 12.6 Å². The van der Waals surface area contributed by atoms with E-state index in [0.717, 1.165) is 19.4 Å². The highest BCUT2D eigenvalue weighted by atomic mass is 19.1. The molecular formula is C15H18FN. The fourth-order valence-corrected chi connectivity index (χ4v) is 3.18. The van der Waals surface area contributed by atoms with Crippen LogP contribution in [-0.2, 0) is 6.42 Å². The Bertz CT molecular complexity index is 470. The Balaban J connectivity index is 2.01. The number of rotatable bonds is 1. The third-order valence-electron chi connectivity index (χ3n) is 4.10. The average Bonchev–Trinajstić information content (AvgIpc) is 2.82. The number of benzene rings is 1. The van der Waals surface area contributed by atoms with Crippen molar-refractivity contribution in [1.29, 1.82) is 0 Å². The van der Waals surface area contributed by atoms with Crippen molar-refractivity contribution in [3.63, 3.8) is 0 Å². The molecular weight excluding hydrogens is 213 g/mol. The molecule has 0 spiro atoms. The Morgan fingerprint density at radius 2 is 2.18 bits per heavy atom. The number of halogens is 1. The maximum atomic E-state index is 13.2. The summed E-state index contributed by atoms with van der Waals surface area (Å²) in [5.74, 6) is -0.112. The lowest BCUT2D eigenvalue weighted by atomic mass is 9.83. The van der Waals surface area contributed by atoms with Crippen LogP contribution in [0.5, 0.6) is 0 Å². The van der Waals surface area contributed by atoms with Gasteiger partial charge in [-0.3, -0.25) is 0 Å². The lowest BCUT2D eigenvalue weighted by Gasteiger charge is -2.25. The molecule has 1 atom stereocenters. The second-order valence-corrected chi connectivity index (χ2v) is 5.10. The number of aryl methyl sites for hydroxylation is 1. The molecule has 1 N–H and O–H groups in total. The average molecular weight is 231 g/mol. The van der Waals surface area contributed by atoms with Gasteiger partial charge in [-0.25, -0.2) is 4.39 Å². The summed E-state index contributed by atoms with van der Waals surface area (Å²) in [5.41, 5.74) is 5.33. The van der Waals surface area contributed by atoms with Crippen molar-refractivity contribution in [2.45, 2.75) is 38.6 Å². The van der Waals surface area contributed by atoms with Crippen molar-refractivity contribution in [1.82, 2.24) is 5.32 Å². The topological polar surface area (TPSA) is 12.0 Å². The predicted octanol–water partition coefficient (Wildman–Crippen LogP) is 3.30. The molecule has 0 amide bonds. The highest BCUT2D eigenvalue weighted by Crippen LogP contribution is 2.34. The van der Waals surface area contributed by atoms with E-state index in [1.807, 2.05) is 6.07 Å². The number of allylic oxidation sites excluding steroid dienone is 1. The first-order valence-electron chi connectivity index (χ1n) is 6.47. The first kappa shape index (κ1) is 11.0. The largest absolute Gasteiger partial charge is 0.310 e. The van der Waals surface area contributed by atoms with Crippen LogP contribution in [0.25, 0.3) is 5.57 Å². The van der Waals surface area contributed by atoms with E-state index < -0.39 is 0 Å². The first-order chi connectivity index (χ1) is 8.25. The maximum Gasteiger partial charge on any atom is 0.123 e. The fraction of sp³-hybridized carbons (Fsp3) is 0.467. The molecule has 1 aromatic rings. The summed E-state index contributed by atoms with van der Waals surface area (Å²) in [7, 11) is 0. The van der Waals surface area contributed by atoms with E-state index in [4.69, 9.17) is 0 Å². The van der Waals surface area contributed by atoms with Crippen LogP contribution < -0.4 is 5.32 Å². The van der Waals surface area contributed by atoms with Gasteiger partial charge in [0.1, 0.15) is 5.82 Å². The summed E-state index contributed by atoms with van der Waals surface area (Å²) in [6, 6.07) is 5.77. The van der Waals surface area contributed by atoms with Crippen molar-refractivity contribution >= 4 is 5.57 Å². The zero-order valence-corrected chi connectivity index (χ0v) is 10.2. The Morgan fingerprint density at radius 1 is 1.29 bits per heavy atom. The molecule has 1 aliphatic carbocycles. The molecule has 90 valence electrons. The summed E-state index contributed by atoms with van der Waals surface area (Å²) in [5, 5.41) is 3.57. The van der Waals surface area contributed by atoms with Crippen LogP contribution in [0.4, 0.5) is 4.39 Å². The quantitative estimate of drug-likeness (QED) is 0.782. The van der Waals surface area contributed by atoms with Gasteiger partial charge in [0.25, 0.3) is 0 Å². The van der Waals surface area contributed by atoms with Crippen LogP contribution >= 0.6 is 0 Å². The van der Waals surface area contributed by atoms with Crippen molar-refractivity contribution in [2.24, 2.45) is 0 Å². The van der Waals surface area contributed by atoms with Gasteiger partial charge in [-0.15, -0.1) is 0 Å². The molecule has 0 radical (unpaired) electrons. The van der Waals surface area contributed by atoms with Crippen molar-refractivity contribution in [2.75, 3.05) is 6.54 Å². The lowest BCUT2D eigenvalue weighted by molar-refractivity contribution is 0.620. The van der Waals surface area contributed by atoms with Crippen LogP contribution in [0.3, 0.4) is 0 Å². The first-order valence-corrected chi connectivity index (χ1v) is 6.47. The van der Waals surface area contributed by atoms with E-state index in [1.165, 1.54) is 29.5 Å². The van der Waals surface area contributed by atoms with Gasteiger partial charge >= 0.3 is 0 Å². The maximum absolute atomic E-state index is 13.2. The molecule has 0 aromatic heterocycles. The number of hydrogen-bond acceptors (Lipinski definition) is 1. The number of nitrogens with one attached hydrogen (secondary N) is 1. The van der Waals surface area contributed by atoms with E-state index in [0.29, 0.717) is 6.04 Å². The predicted molar refractivity (Wildman–Crippen MR) is 68.3 cm³/mol. The smallest absolute Gasteiger partial charge is 0.123 e. The van der Waals surface area contributed by atoms with Gasteiger partial charge in [-0.05, 0) is 73.6 Å². The van der Waals surface area contributed by atoms with E-state index in [1.54, 1.807) is 17.7 Å². The monoisotopic (exact) mass is 231 g/mol. The van der Waals surface area contributed by atoms with E-state index >= 15 is 0 Å². The van der Waals surface area contributed by atoms with Gasteiger partial charge in [0.2, 0.25) is 0 Å². The molecule has 1 fully saturated rings. The fourth-order valence-electron chi connectivity index (χ4n) is 3.18. The molecule has 1 saturated heterocycles. The molecule has 17 heavy (non-hydrogen) atoms.